The largest absolute Gasteiger partial charge is 0.480 e. The van der Waals surface area contributed by atoms with Crippen LogP contribution in [0.15, 0.2) is 41.2 Å². The van der Waals surface area contributed by atoms with Crippen LogP contribution in [0.1, 0.15) is 35.5 Å². The first kappa shape index (κ1) is 22.3. The number of nitrogens with zero attached hydrogens (tertiary/aromatic N) is 2. The number of hydrogen-bond donors (Lipinski definition) is 2. The van der Waals surface area contributed by atoms with Crippen molar-refractivity contribution in [3.63, 3.8) is 0 Å². The molecule has 1 aromatic heterocycles. The highest BCUT2D eigenvalue weighted by atomic mass is 35.5. The highest BCUT2D eigenvalue weighted by Gasteiger charge is 2.20. The Kier molecular flexibility index (Phi) is 6.60. The molecule has 8 nitrogen and oxygen atoms in total. The summed E-state index contributed by atoms with van der Waals surface area (Å²) in [6, 6.07) is 10.2. The lowest BCUT2D eigenvalue weighted by Crippen LogP contribution is -2.47. The van der Waals surface area contributed by atoms with E-state index in [1.165, 1.54) is 4.68 Å². The molecule has 0 aliphatic carbocycles. The summed E-state index contributed by atoms with van der Waals surface area (Å²) in [6.07, 6.45) is -0.881. The van der Waals surface area contributed by atoms with Gasteiger partial charge in [-0.3, -0.25) is 25.2 Å². The molecule has 0 bridgehead atoms. The Balaban J connectivity index is 1.75. The molecule has 0 spiro atoms. The van der Waals surface area contributed by atoms with Crippen LogP contribution < -0.4 is 21.1 Å². The standard InChI is InChI=1S/C22H23ClN4O4/c1-5-27-22(30)17-9-7-6-8-16(17)18(26-27)21(29)25-24-20(28)14(4)31-19-12(2)10-15(23)11-13(19)3/h6-11,14H,5H2,1-4H3,(H,24,28)(H,25,29). The third-order valence-electron chi connectivity index (χ3n) is 4.77. The van der Waals surface area contributed by atoms with E-state index in [0.717, 1.165) is 11.1 Å². The van der Waals surface area contributed by atoms with Crippen LogP contribution in [0, 0.1) is 13.8 Å². The first-order valence-electron chi connectivity index (χ1n) is 9.76. The molecule has 0 aliphatic rings. The molecule has 162 valence electrons. The van der Waals surface area contributed by atoms with Crippen molar-refractivity contribution in [3.05, 3.63) is 68.6 Å². The Morgan fingerprint density at radius 2 is 1.74 bits per heavy atom. The summed E-state index contributed by atoms with van der Waals surface area (Å²) in [5.41, 5.74) is 6.05. The number of ether oxygens (including phenoxy) is 1. The number of amides is 2. The van der Waals surface area contributed by atoms with Crippen molar-refractivity contribution in [2.75, 3.05) is 0 Å². The van der Waals surface area contributed by atoms with E-state index in [0.29, 0.717) is 28.1 Å². The number of halogens is 1. The van der Waals surface area contributed by atoms with E-state index in [1.807, 2.05) is 13.8 Å². The number of hydrogen-bond acceptors (Lipinski definition) is 5. The van der Waals surface area contributed by atoms with Gasteiger partial charge in [-0.05, 0) is 57.0 Å². The second kappa shape index (κ2) is 9.18. The Labute approximate surface area is 184 Å². The van der Waals surface area contributed by atoms with Crippen molar-refractivity contribution in [2.45, 2.75) is 40.3 Å². The molecule has 2 amide bonds. The topological polar surface area (TPSA) is 102 Å². The van der Waals surface area contributed by atoms with Gasteiger partial charge >= 0.3 is 0 Å². The average Bonchev–Trinajstić information content (AvgIpc) is 2.74. The molecule has 0 radical (unpaired) electrons. The number of benzene rings is 2. The van der Waals surface area contributed by atoms with Crippen LogP contribution in [-0.4, -0.2) is 27.7 Å². The fraction of sp³-hybridized carbons (Fsp3) is 0.273. The Bertz CT molecular complexity index is 1200. The summed E-state index contributed by atoms with van der Waals surface area (Å²) in [6.45, 7) is 7.30. The van der Waals surface area contributed by atoms with Crippen molar-refractivity contribution in [3.8, 4) is 5.75 Å². The molecule has 2 aromatic carbocycles. The molecule has 1 unspecified atom stereocenters. The van der Waals surface area contributed by atoms with Crippen LogP contribution in [-0.2, 0) is 11.3 Å². The number of carbonyl (C=O) groups is 2. The second-order valence-electron chi connectivity index (χ2n) is 7.09. The molecule has 0 fully saturated rings. The molecular weight excluding hydrogens is 420 g/mol. The Hall–Kier alpha value is -3.39. The minimum Gasteiger partial charge on any atom is -0.480 e. The van der Waals surface area contributed by atoms with E-state index in [9.17, 15) is 14.4 Å². The monoisotopic (exact) mass is 442 g/mol. The van der Waals surface area contributed by atoms with Gasteiger partial charge in [0.1, 0.15) is 5.75 Å². The van der Waals surface area contributed by atoms with Gasteiger partial charge in [0, 0.05) is 17.0 Å². The number of rotatable bonds is 5. The summed E-state index contributed by atoms with van der Waals surface area (Å²) in [7, 11) is 0. The number of aromatic nitrogens is 2. The van der Waals surface area contributed by atoms with Crippen molar-refractivity contribution in [1.82, 2.24) is 20.6 Å². The lowest BCUT2D eigenvalue weighted by molar-refractivity contribution is -0.128. The van der Waals surface area contributed by atoms with Gasteiger partial charge in [-0.1, -0.05) is 29.8 Å². The predicted octanol–water partition coefficient (Wildman–Crippen LogP) is 2.92. The van der Waals surface area contributed by atoms with Crippen LogP contribution in [0.5, 0.6) is 5.75 Å². The maximum absolute atomic E-state index is 12.7. The third-order valence-corrected chi connectivity index (χ3v) is 4.99. The second-order valence-corrected chi connectivity index (χ2v) is 7.52. The highest BCUT2D eigenvalue weighted by molar-refractivity contribution is 6.30. The van der Waals surface area contributed by atoms with Crippen LogP contribution in [0.4, 0.5) is 0 Å². The number of carbonyl (C=O) groups excluding carboxylic acids is 2. The molecule has 3 aromatic rings. The lowest BCUT2D eigenvalue weighted by Gasteiger charge is -2.18. The van der Waals surface area contributed by atoms with Crippen LogP contribution in [0.3, 0.4) is 0 Å². The molecule has 2 N–H and O–H groups in total. The molecule has 0 saturated carbocycles. The zero-order valence-electron chi connectivity index (χ0n) is 17.7. The molecular formula is C22H23ClN4O4. The van der Waals surface area contributed by atoms with Gasteiger partial charge in [0.15, 0.2) is 11.8 Å². The first-order chi connectivity index (χ1) is 14.7. The van der Waals surface area contributed by atoms with Gasteiger partial charge in [-0.2, -0.15) is 5.10 Å². The highest BCUT2D eigenvalue weighted by Crippen LogP contribution is 2.27. The normalized spacial score (nSPS) is 11.8. The number of fused-ring (bicyclic) bond motifs is 1. The molecule has 9 heteroatoms. The quantitative estimate of drug-likeness (QED) is 0.591. The van der Waals surface area contributed by atoms with Crippen LogP contribution >= 0.6 is 11.6 Å². The summed E-state index contributed by atoms with van der Waals surface area (Å²) < 4.78 is 6.98. The fourth-order valence-electron chi connectivity index (χ4n) is 3.21. The van der Waals surface area contributed by atoms with Gasteiger partial charge in [-0.25, -0.2) is 4.68 Å². The van der Waals surface area contributed by atoms with Gasteiger partial charge in [0.25, 0.3) is 17.4 Å². The van der Waals surface area contributed by atoms with Crippen molar-refractivity contribution in [2.24, 2.45) is 0 Å². The third kappa shape index (κ3) is 4.69. The van der Waals surface area contributed by atoms with Gasteiger partial charge < -0.3 is 4.74 Å². The average molecular weight is 443 g/mol. The van der Waals surface area contributed by atoms with Gasteiger partial charge in [-0.15, -0.1) is 0 Å². The van der Waals surface area contributed by atoms with E-state index in [4.69, 9.17) is 16.3 Å². The summed E-state index contributed by atoms with van der Waals surface area (Å²) in [5.74, 6) is -0.630. The van der Waals surface area contributed by atoms with E-state index in [2.05, 4.69) is 16.0 Å². The molecule has 3 rings (SSSR count). The minimum absolute atomic E-state index is 0.0373. The molecule has 0 saturated heterocycles. The lowest BCUT2D eigenvalue weighted by atomic mass is 10.1. The van der Waals surface area contributed by atoms with Crippen LogP contribution in [0.2, 0.25) is 5.02 Å². The van der Waals surface area contributed by atoms with Crippen molar-refractivity contribution in [1.29, 1.82) is 0 Å². The first-order valence-corrected chi connectivity index (χ1v) is 10.1. The predicted molar refractivity (Wildman–Crippen MR) is 118 cm³/mol. The summed E-state index contributed by atoms with van der Waals surface area (Å²) in [4.78, 5) is 37.6. The summed E-state index contributed by atoms with van der Waals surface area (Å²) in [5, 5.41) is 5.50. The number of nitrogens with one attached hydrogen (secondary N) is 2. The van der Waals surface area contributed by atoms with Gasteiger partial charge in [0.2, 0.25) is 0 Å². The smallest absolute Gasteiger partial charge is 0.290 e. The zero-order chi connectivity index (χ0) is 22.7. The maximum Gasteiger partial charge on any atom is 0.290 e. The van der Waals surface area contributed by atoms with Gasteiger partial charge in [0.05, 0.1) is 5.39 Å². The Morgan fingerprint density at radius 1 is 1.13 bits per heavy atom. The summed E-state index contributed by atoms with van der Waals surface area (Å²) >= 11 is 6.03. The fourth-order valence-corrected chi connectivity index (χ4v) is 3.54. The SMILES string of the molecule is CCn1nc(C(=O)NNC(=O)C(C)Oc2c(C)cc(Cl)cc2C)c2ccccc2c1=O. The number of hydrazine groups is 1. The van der Waals surface area contributed by atoms with E-state index >= 15 is 0 Å². The Morgan fingerprint density at radius 3 is 2.35 bits per heavy atom. The van der Waals surface area contributed by atoms with E-state index in [1.54, 1.807) is 50.2 Å². The van der Waals surface area contributed by atoms with Crippen molar-refractivity contribution >= 4 is 34.2 Å². The maximum atomic E-state index is 12.7. The zero-order valence-corrected chi connectivity index (χ0v) is 18.4. The van der Waals surface area contributed by atoms with E-state index < -0.39 is 17.9 Å². The molecule has 1 atom stereocenters. The van der Waals surface area contributed by atoms with Crippen LogP contribution in [0.25, 0.3) is 10.8 Å². The molecule has 0 aliphatic heterocycles. The molecule has 1 heterocycles. The van der Waals surface area contributed by atoms with Crippen molar-refractivity contribution < 1.29 is 14.3 Å². The van der Waals surface area contributed by atoms with E-state index in [-0.39, 0.29) is 11.3 Å². The number of aryl methyl sites for hydroxylation is 3. The minimum atomic E-state index is -0.881. The molecule has 31 heavy (non-hydrogen) atoms.